The van der Waals surface area contributed by atoms with Gasteiger partial charge < -0.3 is 14.6 Å². The van der Waals surface area contributed by atoms with Crippen molar-refractivity contribution in [3.63, 3.8) is 0 Å². The predicted molar refractivity (Wildman–Crippen MR) is 124 cm³/mol. The number of amides is 2. The number of benzene rings is 2. The van der Waals surface area contributed by atoms with Crippen molar-refractivity contribution in [2.45, 2.75) is 51.1 Å². The van der Waals surface area contributed by atoms with Gasteiger partial charge in [0.1, 0.15) is 11.9 Å². The second-order valence-electron chi connectivity index (χ2n) is 8.57. The van der Waals surface area contributed by atoms with Gasteiger partial charge in [0.15, 0.2) is 5.76 Å². The van der Waals surface area contributed by atoms with Gasteiger partial charge in [-0.15, -0.1) is 0 Å². The molecule has 2 aromatic carbocycles. The van der Waals surface area contributed by atoms with Crippen LogP contribution in [-0.2, 0) is 11.2 Å². The molecular formula is C27H29FN2O3. The highest BCUT2D eigenvalue weighted by Crippen LogP contribution is 2.28. The molecule has 4 rings (SSSR count). The molecule has 0 bridgehead atoms. The standard InChI is InChI=1S/C27H29FN2O3/c1-19-9-2-3-10-20(19)16-17-30(27(32)24-15-8-18-33-24)25(22-13-6-7-14-23(22)28)26(31)29-21-11-4-5-12-21/h2-3,6-10,13-15,18,21,25H,4-5,11-12,16-17H2,1H3,(H,29,31)/t25-/m0/s1. The van der Waals surface area contributed by atoms with Crippen LogP contribution in [0.25, 0.3) is 0 Å². The molecule has 1 aromatic heterocycles. The minimum absolute atomic E-state index is 0.0451. The van der Waals surface area contributed by atoms with Gasteiger partial charge >= 0.3 is 0 Å². The molecule has 0 radical (unpaired) electrons. The lowest BCUT2D eigenvalue weighted by Crippen LogP contribution is -2.47. The number of nitrogens with one attached hydrogen (secondary N) is 1. The summed E-state index contributed by atoms with van der Waals surface area (Å²) in [5, 5.41) is 3.06. The van der Waals surface area contributed by atoms with Crippen LogP contribution in [0.2, 0.25) is 0 Å². The zero-order chi connectivity index (χ0) is 23.2. The molecule has 3 aromatic rings. The Morgan fingerprint density at radius 1 is 1.06 bits per heavy atom. The van der Waals surface area contributed by atoms with Crippen LogP contribution in [0.5, 0.6) is 0 Å². The Bertz CT molecular complexity index is 1090. The lowest BCUT2D eigenvalue weighted by molar-refractivity contribution is -0.126. The average Bonchev–Trinajstić information content (AvgIpc) is 3.52. The van der Waals surface area contributed by atoms with Crippen LogP contribution < -0.4 is 5.32 Å². The lowest BCUT2D eigenvalue weighted by atomic mass is 10.0. The SMILES string of the molecule is Cc1ccccc1CCN(C(=O)c1ccco1)[C@H](C(=O)NC1CCCC1)c1ccccc1F. The molecule has 1 atom stereocenters. The Hall–Kier alpha value is -3.41. The van der Waals surface area contributed by atoms with Crippen molar-refractivity contribution in [2.24, 2.45) is 0 Å². The van der Waals surface area contributed by atoms with E-state index in [2.05, 4.69) is 5.32 Å². The van der Waals surface area contributed by atoms with E-state index in [9.17, 15) is 14.0 Å². The van der Waals surface area contributed by atoms with E-state index in [4.69, 9.17) is 4.42 Å². The van der Waals surface area contributed by atoms with Gasteiger partial charge in [0.2, 0.25) is 5.91 Å². The highest BCUT2D eigenvalue weighted by Gasteiger charge is 2.35. The van der Waals surface area contributed by atoms with Crippen LogP contribution in [0.15, 0.2) is 71.3 Å². The first-order valence-electron chi connectivity index (χ1n) is 11.5. The van der Waals surface area contributed by atoms with E-state index >= 15 is 0 Å². The number of aryl methyl sites for hydroxylation is 1. The summed E-state index contributed by atoms with van der Waals surface area (Å²) in [5.41, 5.74) is 2.34. The molecule has 33 heavy (non-hydrogen) atoms. The van der Waals surface area contributed by atoms with Gasteiger partial charge in [0.25, 0.3) is 5.91 Å². The summed E-state index contributed by atoms with van der Waals surface area (Å²) in [6, 6.07) is 16.2. The van der Waals surface area contributed by atoms with E-state index in [1.165, 1.54) is 17.2 Å². The molecule has 1 heterocycles. The monoisotopic (exact) mass is 448 g/mol. The zero-order valence-electron chi connectivity index (χ0n) is 18.8. The van der Waals surface area contributed by atoms with E-state index in [1.807, 2.05) is 31.2 Å². The molecule has 2 amide bonds. The van der Waals surface area contributed by atoms with Gasteiger partial charge in [-0.05, 0) is 55.5 Å². The fraction of sp³-hybridized carbons (Fsp3) is 0.333. The van der Waals surface area contributed by atoms with Gasteiger partial charge in [-0.3, -0.25) is 9.59 Å². The van der Waals surface area contributed by atoms with Crippen molar-refractivity contribution in [3.05, 3.63) is 95.2 Å². The Kier molecular flexibility index (Phi) is 7.23. The topological polar surface area (TPSA) is 62.6 Å². The molecular weight excluding hydrogens is 419 g/mol. The number of hydrogen-bond acceptors (Lipinski definition) is 3. The van der Waals surface area contributed by atoms with Crippen molar-refractivity contribution < 1.29 is 18.4 Å². The molecule has 1 fully saturated rings. The molecule has 1 aliphatic rings. The Morgan fingerprint density at radius 3 is 2.48 bits per heavy atom. The minimum Gasteiger partial charge on any atom is -0.459 e. The third-order valence-corrected chi connectivity index (χ3v) is 6.34. The lowest BCUT2D eigenvalue weighted by Gasteiger charge is -2.32. The number of hydrogen-bond donors (Lipinski definition) is 1. The van der Waals surface area contributed by atoms with Gasteiger partial charge in [0.05, 0.1) is 6.26 Å². The van der Waals surface area contributed by atoms with E-state index in [-0.39, 0.29) is 29.8 Å². The highest BCUT2D eigenvalue weighted by atomic mass is 19.1. The van der Waals surface area contributed by atoms with E-state index in [0.29, 0.717) is 6.42 Å². The smallest absolute Gasteiger partial charge is 0.290 e. The third kappa shape index (κ3) is 5.33. The van der Waals surface area contributed by atoms with Crippen molar-refractivity contribution in [1.29, 1.82) is 0 Å². The maximum absolute atomic E-state index is 15.0. The molecule has 0 spiro atoms. The van der Waals surface area contributed by atoms with Crippen LogP contribution in [-0.4, -0.2) is 29.3 Å². The number of carbonyl (C=O) groups excluding carboxylic acids is 2. The fourth-order valence-electron chi connectivity index (χ4n) is 4.52. The van der Waals surface area contributed by atoms with Gasteiger partial charge in [-0.2, -0.15) is 0 Å². The van der Waals surface area contributed by atoms with Crippen LogP contribution in [0.3, 0.4) is 0 Å². The minimum atomic E-state index is -1.10. The largest absolute Gasteiger partial charge is 0.459 e. The summed E-state index contributed by atoms with van der Waals surface area (Å²) in [7, 11) is 0. The molecule has 0 unspecified atom stereocenters. The highest BCUT2D eigenvalue weighted by molar-refractivity contribution is 5.96. The maximum Gasteiger partial charge on any atom is 0.290 e. The first-order chi connectivity index (χ1) is 16.0. The Morgan fingerprint density at radius 2 is 1.79 bits per heavy atom. The van der Waals surface area contributed by atoms with Crippen molar-refractivity contribution in [1.82, 2.24) is 10.2 Å². The van der Waals surface area contributed by atoms with Crippen LogP contribution >= 0.6 is 0 Å². The number of nitrogens with zero attached hydrogens (tertiary/aromatic N) is 1. The van der Waals surface area contributed by atoms with E-state index in [0.717, 1.165) is 36.8 Å². The molecule has 1 aliphatic carbocycles. The number of carbonyl (C=O) groups is 2. The average molecular weight is 449 g/mol. The first-order valence-corrected chi connectivity index (χ1v) is 11.5. The van der Waals surface area contributed by atoms with Crippen molar-refractivity contribution >= 4 is 11.8 Å². The Balaban J connectivity index is 1.70. The van der Waals surface area contributed by atoms with E-state index < -0.39 is 17.8 Å². The van der Waals surface area contributed by atoms with E-state index in [1.54, 1.807) is 30.3 Å². The summed E-state index contributed by atoms with van der Waals surface area (Å²) in [4.78, 5) is 28.5. The molecule has 6 heteroatoms. The molecule has 1 N–H and O–H groups in total. The normalized spacial score (nSPS) is 14.7. The number of furan rings is 1. The van der Waals surface area contributed by atoms with Gasteiger partial charge in [0, 0.05) is 18.2 Å². The van der Waals surface area contributed by atoms with Crippen LogP contribution in [0.4, 0.5) is 4.39 Å². The summed E-state index contributed by atoms with van der Waals surface area (Å²) in [5.74, 6) is -1.20. The summed E-state index contributed by atoms with van der Waals surface area (Å²) in [6.07, 6.45) is 5.84. The first kappa shape index (κ1) is 22.8. The maximum atomic E-state index is 15.0. The molecule has 5 nitrogen and oxygen atoms in total. The number of halogens is 1. The third-order valence-electron chi connectivity index (χ3n) is 6.34. The second kappa shape index (κ2) is 10.5. The van der Waals surface area contributed by atoms with Gasteiger partial charge in [-0.1, -0.05) is 55.3 Å². The second-order valence-corrected chi connectivity index (χ2v) is 8.57. The summed E-state index contributed by atoms with van der Waals surface area (Å²) in [6.45, 7) is 2.25. The van der Waals surface area contributed by atoms with Crippen molar-refractivity contribution in [3.8, 4) is 0 Å². The van der Waals surface area contributed by atoms with Crippen LogP contribution in [0, 0.1) is 12.7 Å². The quantitative estimate of drug-likeness (QED) is 0.514. The molecule has 0 saturated heterocycles. The van der Waals surface area contributed by atoms with Crippen molar-refractivity contribution in [2.75, 3.05) is 6.54 Å². The fourth-order valence-corrected chi connectivity index (χ4v) is 4.52. The summed E-state index contributed by atoms with van der Waals surface area (Å²) >= 11 is 0. The molecule has 0 aliphatic heterocycles. The molecule has 1 saturated carbocycles. The summed E-state index contributed by atoms with van der Waals surface area (Å²) < 4.78 is 20.3. The van der Waals surface area contributed by atoms with Crippen LogP contribution in [0.1, 0.15) is 59.0 Å². The Labute approximate surface area is 193 Å². The van der Waals surface area contributed by atoms with Gasteiger partial charge in [-0.25, -0.2) is 4.39 Å². The molecule has 172 valence electrons. The predicted octanol–water partition coefficient (Wildman–Crippen LogP) is 5.21. The zero-order valence-corrected chi connectivity index (χ0v) is 18.8. The number of rotatable bonds is 8.